The molecule has 1 aliphatic heterocycles. The van der Waals surface area contributed by atoms with Crippen LogP contribution >= 0.6 is 0 Å². The van der Waals surface area contributed by atoms with Crippen LogP contribution in [0.4, 0.5) is 4.79 Å². The number of nitrogens with one attached hydrogen (secondary N) is 3. The highest BCUT2D eigenvalue weighted by Gasteiger charge is 2.22. The van der Waals surface area contributed by atoms with Crippen LogP contribution in [-0.4, -0.2) is 36.4 Å². The Bertz CT molecular complexity index is 178. The zero-order valence-corrected chi connectivity index (χ0v) is 6.46. The predicted octanol–water partition coefficient (Wildman–Crippen LogP) is -1.88. The fourth-order valence-electron chi connectivity index (χ4n) is 0.970. The summed E-state index contributed by atoms with van der Waals surface area (Å²) in [5.41, 5.74) is 0. The van der Waals surface area contributed by atoms with Crippen molar-refractivity contribution in [3.63, 3.8) is 0 Å². The molecule has 0 spiro atoms. The molecule has 1 fully saturated rings. The van der Waals surface area contributed by atoms with E-state index in [-0.39, 0.29) is 25.1 Å². The summed E-state index contributed by atoms with van der Waals surface area (Å²) in [7, 11) is 0. The average molecular weight is 173 g/mol. The summed E-state index contributed by atoms with van der Waals surface area (Å²) in [6.07, 6.45) is -0.162. The van der Waals surface area contributed by atoms with Gasteiger partial charge in [0.2, 0.25) is 5.91 Å². The Balaban J connectivity index is 2.34. The van der Waals surface area contributed by atoms with Crippen LogP contribution in [0.1, 0.15) is 6.42 Å². The van der Waals surface area contributed by atoms with Gasteiger partial charge >= 0.3 is 6.03 Å². The van der Waals surface area contributed by atoms with E-state index in [4.69, 9.17) is 5.11 Å². The van der Waals surface area contributed by atoms with Gasteiger partial charge in [-0.15, -0.1) is 0 Å². The van der Waals surface area contributed by atoms with Crippen LogP contribution in [-0.2, 0) is 4.79 Å². The van der Waals surface area contributed by atoms with Gasteiger partial charge in [-0.05, 0) is 0 Å². The second kappa shape index (κ2) is 4.03. The van der Waals surface area contributed by atoms with E-state index in [1.807, 2.05) is 0 Å². The standard InChI is InChI=1S/C6H11N3O3/c10-2-1-7-4-3-5(11)9-6(12)8-4/h4,7,10H,1-3H2,(H2,8,9,11,12). The van der Waals surface area contributed by atoms with Crippen LogP contribution in [0.25, 0.3) is 0 Å². The minimum Gasteiger partial charge on any atom is -0.395 e. The highest BCUT2D eigenvalue weighted by atomic mass is 16.3. The number of carbonyl (C=O) groups is 2. The van der Waals surface area contributed by atoms with Gasteiger partial charge in [0.25, 0.3) is 0 Å². The van der Waals surface area contributed by atoms with Crippen molar-refractivity contribution >= 4 is 11.9 Å². The van der Waals surface area contributed by atoms with E-state index in [0.29, 0.717) is 6.54 Å². The molecular weight excluding hydrogens is 162 g/mol. The summed E-state index contributed by atoms with van der Waals surface area (Å²) in [5, 5.41) is 15.8. The van der Waals surface area contributed by atoms with Gasteiger partial charge in [0.05, 0.1) is 19.2 Å². The van der Waals surface area contributed by atoms with E-state index in [1.54, 1.807) is 0 Å². The molecule has 0 bridgehead atoms. The molecule has 1 unspecified atom stereocenters. The van der Waals surface area contributed by atoms with E-state index in [9.17, 15) is 9.59 Å². The highest BCUT2D eigenvalue weighted by molar-refractivity contribution is 5.97. The first kappa shape index (κ1) is 8.95. The molecule has 4 N–H and O–H groups in total. The van der Waals surface area contributed by atoms with Crippen molar-refractivity contribution in [1.29, 1.82) is 0 Å². The molecular formula is C6H11N3O3. The van der Waals surface area contributed by atoms with E-state index in [2.05, 4.69) is 16.0 Å². The van der Waals surface area contributed by atoms with Crippen LogP contribution in [0.5, 0.6) is 0 Å². The second-order valence-electron chi connectivity index (χ2n) is 2.46. The SMILES string of the molecule is O=C1CC(NCCO)NC(=O)N1. The Morgan fingerprint density at radius 1 is 1.58 bits per heavy atom. The molecule has 0 radical (unpaired) electrons. The molecule has 0 saturated carbocycles. The van der Waals surface area contributed by atoms with E-state index in [0.717, 1.165) is 0 Å². The number of aliphatic hydroxyl groups excluding tert-OH is 1. The Morgan fingerprint density at radius 3 is 2.92 bits per heavy atom. The minimum absolute atomic E-state index is 0.0199. The summed E-state index contributed by atoms with van der Waals surface area (Å²) in [6, 6.07) is -0.498. The smallest absolute Gasteiger partial charge is 0.322 e. The number of aliphatic hydroxyl groups is 1. The Kier molecular flexibility index (Phi) is 3.01. The van der Waals surface area contributed by atoms with Gasteiger partial charge in [-0.3, -0.25) is 15.4 Å². The van der Waals surface area contributed by atoms with Crippen molar-refractivity contribution in [2.45, 2.75) is 12.6 Å². The zero-order valence-electron chi connectivity index (χ0n) is 6.46. The van der Waals surface area contributed by atoms with Gasteiger partial charge in [0, 0.05) is 6.54 Å². The number of imide groups is 1. The third kappa shape index (κ3) is 2.48. The molecule has 1 aliphatic rings. The lowest BCUT2D eigenvalue weighted by molar-refractivity contribution is -0.121. The van der Waals surface area contributed by atoms with Crippen LogP contribution < -0.4 is 16.0 Å². The fourth-order valence-corrected chi connectivity index (χ4v) is 0.970. The molecule has 0 aromatic carbocycles. The number of hydrogen-bond acceptors (Lipinski definition) is 4. The van der Waals surface area contributed by atoms with Crippen molar-refractivity contribution in [2.75, 3.05) is 13.2 Å². The Hall–Kier alpha value is -1.14. The van der Waals surface area contributed by atoms with Gasteiger partial charge in [0.15, 0.2) is 0 Å². The summed E-state index contributed by atoms with van der Waals surface area (Å²) in [4.78, 5) is 21.5. The molecule has 1 heterocycles. The summed E-state index contributed by atoms with van der Waals surface area (Å²) in [5.74, 6) is -0.311. The predicted molar refractivity (Wildman–Crippen MR) is 40.2 cm³/mol. The normalized spacial score (nSPS) is 23.2. The molecule has 0 aromatic heterocycles. The van der Waals surface area contributed by atoms with Crippen LogP contribution in [0.2, 0.25) is 0 Å². The van der Waals surface area contributed by atoms with Gasteiger partial charge in [-0.25, -0.2) is 4.79 Å². The molecule has 1 saturated heterocycles. The number of urea groups is 1. The molecule has 12 heavy (non-hydrogen) atoms. The molecule has 3 amide bonds. The van der Waals surface area contributed by atoms with E-state index >= 15 is 0 Å². The van der Waals surface area contributed by atoms with E-state index < -0.39 is 6.03 Å². The topological polar surface area (TPSA) is 90.5 Å². The summed E-state index contributed by atoms with van der Waals surface area (Å²) in [6.45, 7) is 0.340. The molecule has 68 valence electrons. The lowest BCUT2D eigenvalue weighted by Gasteiger charge is -2.23. The Labute approximate surface area is 69.3 Å². The van der Waals surface area contributed by atoms with Gasteiger partial charge in [0.1, 0.15) is 0 Å². The average Bonchev–Trinajstić information content (AvgIpc) is 1.99. The summed E-state index contributed by atoms with van der Waals surface area (Å²) < 4.78 is 0. The van der Waals surface area contributed by atoms with Crippen molar-refractivity contribution in [3.05, 3.63) is 0 Å². The quantitative estimate of drug-likeness (QED) is 0.402. The molecule has 0 aromatic rings. The van der Waals surface area contributed by atoms with Crippen molar-refractivity contribution < 1.29 is 14.7 Å². The fraction of sp³-hybridized carbons (Fsp3) is 0.667. The van der Waals surface area contributed by atoms with Gasteiger partial charge in [-0.2, -0.15) is 0 Å². The van der Waals surface area contributed by atoms with Crippen molar-refractivity contribution in [1.82, 2.24) is 16.0 Å². The lowest BCUT2D eigenvalue weighted by atomic mass is 10.3. The van der Waals surface area contributed by atoms with Crippen LogP contribution in [0.3, 0.4) is 0 Å². The lowest BCUT2D eigenvalue weighted by Crippen LogP contribution is -2.57. The zero-order chi connectivity index (χ0) is 8.97. The monoisotopic (exact) mass is 173 g/mol. The Morgan fingerprint density at radius 2 is 2.33 bits per heavy atom. The molecule has 1 rings (SSSR count). The number of hydrogen-bond donors (Lipinski definition) is 4. The van der Waals surface area contributed by atoms with Gasteiger partial charge < -0.3 is 10.4 Å². The van der Waals surface area contributed by atoms with Crippen molar-refractivity contribution in [3.8, 4) is 0 Å². The molecule has 1 atom stereocenters. The number of carbonyl (C=O) groups excluding carboxylic acids is 2. The van der Waals surface area contributed by atoms with Gasteiger partial charge in [-0.1, -0.05) is 0 Å². The third-order valence-corrected chi connectivity index (χ3v) is 1.45. The maximum atomic E-state index is 10.8. The largest absolute Gasteiger partial charge is 0.395 e. The maximum Gasteiger partial charge on any atom is 0.322 e. The minimum atomic E-state index is -0.498. The number of amides is 3. The summed E-state index contributed by atoms with van der Waals surface area (Å²) >= 11 is 0. The van der Waals surface area contributed by atoms with E-state index in [1.165, 1.54) is 0 Å². The van der Waals surface area contributed by atoms with Crippen LogP contribution in [0.15, 0.2) is 0 Å². The molecule has 6 heteroatoms. The highest BCUT2D eigenvalue weighted by Crippen LogP contribution is 1.93. The second-order valence-corrected chi connectivity index (χ2v) is 2.46. The maximum absolute atomic E-state index is 10.8. The first-order valence-corrected chi connectivity index (χ1v) is 3.67. The number of rotatable bonds is 3. The first-order chi connectivity index (χ1) is 5.72. The third-order valence-electron chi connectivity index (χ3n) is 1.45. The van der Waals surface area contributed by atoms with Crippen molar-refractivity contribution in [2.24, 2.45) is 0 Å². The molecule has 6 nitrogen and oxygen atoms in total. The van der Waals surface area contributed by atoms with Crippen LogP contribution in [0, 0.1) is 0 Å². The molecule has 0 aliphatic carbocycles. The first-order valence-electron chi connectivity index (χ1n) is 3.67.